The quantitative estimate of drug-likeness (QED) is 0.575. The maximum Gasteiger partial charge on any atom is 0.173 e. The third-order valence-corrected chi connectivity index (χ3v) is 4.16. The predicted molar refractivity (Wildman–Crippen MR) is 87.6 cm³/mol. The van der Waals surface area contributed by atoms with Crippen LogP contribution in [0.3, 0.4) is 0 Å². The number of methoxy groups -OCH3 is 3. The average Bonchev–Trinajstić information content (AvgIpc) is 2.59. The Bertz CT molecular complexity index is 641. The Morgan fingerprint density at radius 2 is 1.50 bits per heavy atom. The van der Waals surface area contributed by atoms with Crippen molar-refractivity contribution < 1.29 is 19.0 Å². The average molecular weight is 318 g/mol. The van der Waals surface area contributed by atoms with Crippen LogP contribution in [0.1, 0.15) is 10.4 Å². The second kappa shape index (κ2) is 7.75. The molecule has 0 saturated carbocycles. The number of ether oxygens (including phenoxy) is 3. The first-order valence-electron chi connectivity index (χ1n) is 6.70. The number of Topliss-reactive ketones (excluding diaryl/α,β-unsaturated/α-hetero) is 1. The van der Waals surface area contributed by atoms with Gasteiger partial charge in [-0.3, -0.25) is 4.79 Å². The van der Waals surface area contributed by atoms with E-state index in [-0.39, 0.29) is 5.78 Å². The molecule has 0 aromatic heterocycles. The summed E-state index contributed by atoms with van der Waals surface area (Å²) >= 11 is 1.41. The highest BCUT2D eigenvalue weighted by atomic mass is 32.2. The molecular weight excluding hydrogens is 300 g/mol. The molecule has 0 fully saturated rings. The molecule has 0 amide bonds. The van der Waals surface area contributed by atoms with Crippen molar-refractivity contribution in [2.45, 2.75) is 4.90 Å². The number of benzene rings is 2. The fraction of sp³-hybridized carbons (Fsp3) is 0.235. The minimum atomic E-state index is 0.0717. The number of hydrogen-bond donors (Lipinski definition) is 0. The number of hydrogen-bond acceptors (Lipinski definition) is 5. The number of rotatable bonds is 7. The largest absolute Gasteiger partial charge is 0.495 e. The standard InChI is InChI=1S/C17H18O4S/c1-19-14-9-16(21-3)17(10-15(14)20-2)22-11-13(18)12-7-5-4-6-8-12/h4-10H,11H2,1-3H3. The van der Waals surface area contributed by atoms with Gasteiger partial charge in [-0.15, -0.1) is 11.8 Å². The summed E-state index contributed by atoms with van der Waals surface area (Å²) in [6.07, 6.45) is 0. The van der Waals surface area contributed by atoms with Crippen LogP contribution in [0, 0.1) is 0 Å². The molecule has 0 aliphatic rings. The van der Waals surface area contributed by atoms with Crippen LogP contribution in [0.4, 0.5) is 0 Å². The Kier molecular flexibility index (Phi) is 5.72. The number of carbonyl (C=O) groups excluding carboxylic acids is 1. The topological polar surface area (TPSA) is 44.8 Å². The molecule has 0 aliphatic carbocycles. The van der Waals surface area contributed by atoms with E-state index in [1.807, 2.05) is 36.4 Å². The van der Waals surface area contributed by atoms with E-state index in [4.69, 9.17) is 14.2 Å². The van der Waals surface area contributed by atoms with Crippen LogP contribution in [0.2, 0.25) is 0 Å². The van der Waals surface area contributed by atoms with Crippen molar-refractivity contribution in [3.8, 4) is 17.2 Å². The van der Waals surface area contributed by atoms with Gasteiger partial charge in [-0.1, -0.05) is 30.3 Å². The van der Waals surface area contributed by atoms with Gasteiger partial charge in [0.05, 0.1) is 32.0 Å². The number of carbonyl (C=O) groups is 1. The summed E-state index contributed by atoms with van der Waals surface area (Å²) in [7, 11) is 4.74. The molecule has 116 valence electrons. The molecule has 0 aliphatic heterocycles. The molecule has 0 unspecified atom stereocenters. The summed E-state index contributed by atoms with van der Waals surface area (Å²) in [6.45, 7) is 0. The SMILES string of the molecule is COc1cc(OC)c(SCC(=O)c2ccccc2)cc1OC. The highest BCUT2D eigenvalue weighted by molar-refractivity contribution is 8.00. The molecule has 22 heavy (non-hydrogen) atoms. The molecular formula is C17H18O4S. The lowest BCUT2D eigenvalue weighted by Crippen LogP contribution is -2.02. The normalized spacial score (nSPS) is 10.1. The van der Waals surface area contributed by atoms with E-state index in [9.17, 15) is 4.79 Å². The molecule has 0 N–H and O–H groups in total. The fourth-order valence-electron chi connectivity index (χ4n) is 1.96. The van der Waals surface area contributed by atoms with Gasteiger partial charge in [0, 0.05) is 17.7 Å². The van der Waals surface area contributed by atoms with E-state index >= 15 is 0 Å². The van der Waals surface area contributed by atoms with Gasteiger partial charge in [0.1, 0.15) is 5.75 Å². The molecule has 0 radical (unpaired) electrons. The Labute approximate surface area is 134 Å². The van der Waals surface area contributed by atoms with Crippen molar-refractivity contribution in [1.29, 1.82) is 0 Å². The van der Waals surface area contributed by atoms with Gasteiger partial charge in [-0.05, 0) is 0 Å². The van der Waals surface area contributed by atoms with Crippen LogP contribution in [-0.4, -0.2) is 32.9 Å². The third-order valence-electron chi connectivity index (χ3n) is 3.12. The zero-order valence-corrected chi connectivity index (χ0v) is 13.6. The first kappa shape index (κ1) is 16.2. The smallest absolute Gasteiger partial charge is 0.173 e. The van der Waals surface area contributed by atoms with Gasteiger partial charge < -0.3 is 14.2 Å². The Balaban J connectivity index is 2.17. The van der Waals surface area contributed by atoms with Gasteiger partial charge >= 0.3 is 0 Å². The maximum absolute atomic E-state index is 12.2. The number of thioether (sulfide) groups is 1. The van der Waals surface area contributed by atoms with E-state index in [1.165, 1.54) is 11.8 Å². The summed E-state index contributed by atoms with van der Waals surface area (Å²) in [5, 5.41) is 0. The molecule has 2 rings (SSSR count). The fourth-order valence-corrected chi connectivity index (χ4v) is 2.89. The predicted octanol–water partition coefficient (Wildman–Crippen LogP) is 3.69. The van der Waals surface area contributed by atoms with Gasteiger partial charge in [-0.25, -0.2) is 0 Å². The van der Waals surface area contributed by atoms with E-state index in [1.54, 1.807) is 27.4 Å². The minimum absolute atomic E-state index is 0.0717. The molecule has 0 atom stereocenters. The van der Waals surface area contributed by atoms with E-state index in [0.717, 1.165) is 4.90 Å². The van der Waals surface area contributed by atoms with Crippen molar-refractivity contribution >= 4 is 17.5 Å². The first-order chi connectivity index (χ1) is 10.7. The molecule has 0 bridgehead atoms. The van der Waals surface area contributed by atoms with Crippen molar-refractivity contribution in [3.63, 3.8) is 0 Å². The lowest BCUT2D eigenvalue weighted by Gasteiger charge is -2.13. The molecule has 4 nitrogen and oxygen atoms in total. The minimum Gasteiger partial charge on any atom is -0.495 e. The second-order valence-corrected chi connectivity index (χ2v) is 5.45. The highest BCUT2D eigenvalue weighted by Crippen LogP contribution is 2.39. The zero-order valence-electron chi connectivity index (χ0n) is 12.8. The van der Waals surface area contributed by atoms with Crippen LogP contribution >= 0.6 is 11.8 Å². The summed E-state index contributed by atoms with van der Waals surface area (Å²) < 4.78 is 15.9. The van der Waals surface area contributed by atoms with Crippen LogP contribution < -0.4 is 14.2 Å². The lowest BCUT2D eigenvalue weighted by molar-refractivity contribution is 0.102. The van der Waals surface area contributed by atoms with Gasteiger partial charge in [0.2, 0.25) is 0 Å². The van der Waals surface area contributed by atoms with E-state index in [0.29, 0.717) is 28.6 Å². The molecule has 2 aromatic carbocycles. The summed E-state index contributed by atoms with van der Waals surface area (Å²) in [4.78, 5) is 13.0. The first-order valence-corrected chi connectivity index (χ1v) is 7.69. The number of ketones is 1. The lowest BCUT2D eigenvalue weighted by atomic mass is 10.2. The monoisotopic (exact) mass is 318 g/mol. The highest BCUT2D eigenvalue weighted by Gasteiger charge is 2.14. The molecule has 0 spiro atoms. The van der Waals surface area contributed by atoms with Gasteiger partial charge in [-0.2, -0.15) is 0 Å². The molecule has 0 heterocycles. The van der Waals surface area contributed by atoms with Crippen molar-refractivity contribution in [2.75, 3.05) is 27.1 Å². The molecule has 0 saturated heterocycles. The molecule has 5 heteroatoms. The summed E-state index contributed by atoms with van der Waals surface area (Å²) in [5.41, 5.74) is 0.703. The van der Waals surface area contributed by atoms with Crippen molar-refractivity contribution in [3.05, 3.63) is 48.0 Å². The summed E-state index contributed by atoms with van der Waals surface area (Å²) in [6, 6.07) is 12.8. The van der Waals surface area contributed by atoms with Crippen LogP contribution in [-0.2, 0) is 0 Å². The maximum atomic E-state index is 12.2. The molecule has 2 aromatic rings. The van der Waals surface area contributed by atoms with Gasteiger partial charge in [0.15, 0.2) is 17.3 Å². The van der Waals surface area contributed by atoms with Crippen LogP contribution in [0.25, 0.3) is 0 Å². The Hall–Kier alpha value is -2.14. The van der Waals surface area contributed by atoms with Gasteiger partial charge in [0.25, 0.3) is 0 Å². The Morgan fingerprint density at radius 3 is 2.09 bits per heavy atom. The van der Waals surface area contributed by atoms with E-state index in [2.05, 4.69) is 0 Å². The van der Waals surface area contributed by atoms with Crippen molar-refractivity contribution in [2.24, 2.45) is 0 Å². The Morgan fingerprint density at radius 1 is 0.909 bits per heavy atom. The van der Waals surface area contributed by atoms with Crippen LogP contribution in [0.15, 0.2) is 47.4 Å². The summed E-state index contributed by atoms with van der Waals surface area (Å²) in [5.74, 6) is 2.26. The third kappa shape index (κ3) is 3.74. The van der Waals surface area contributed by atoms with Crippen LogP contribution in [0.5, 0.6) is 17.2 Å². The van der Waals surface area contributed by atoms with Crippen molar-refractivity contribution in [1.82, 2.24) is 0 Å². The zero-order chi connectivity index (χ0) is 15.9. The van der Waals surface area contributed by atoms with E-state index < -0.39 is 0 Å². The second-order valence-electron chi connectivity index (χ2n) is 4.44.